The van der Waals surface area contributed by atoms with Crippen molar-refractivity contribution in [2.45, 2.75) is 3.12 Å². The number of hydrogen-bond acceptors (Lipinski definition) is 5. The van der Waals surface area contributed by atoms with Gasteiger partial charge in [-0.15, -0.1) is 0 Å². The highest BCUT2D eigenvalue weighted by Gasteiger charge is 2.41. The molecule has 6 nitrogen and oxygen atoms in total. The molecular weight excluding hydrogens is 292 g/mol. The van der Waals surface area contributed by atoms with Crippen molar-refractivity contribution >= 4 is 44.9 Å². The smallest absolute Gasteiger partial charge is 0.377 e. The Hall–Kier alpha value is -0.500. The molecule has 0 spiro atoms. The third kappa shape index (κ3) is 2.54. The van der Waals surface area contributed by atoms with Gasteiger partial charge in [0.2, 0.25) is 11.8 Å². The first-order valence-corrected chi connectivity index (χ1v) is 5.80. The molecule has 0 aromatic carbocycles. The second-order valence-corrected chi connectivity index (χ2v) is 6.94. The van der Waals surface area contributed by atoms with Crippen LogP contribution in [0.4, 0.5) is 0 Å². The monoisotopic (exact) mass is 295 g/mol. The van der Waals surface area contributed by atoms with Crippen LogP contribution in [0, 0.1) is 0 Å². The molecule has 10 heteroatoms. The molecule has 2 N–H and O–H groups in total. The Kier molecular flexibility index (Phi) is 3.20. The zero-order chi connectivity index (χ0) is 11.9. The molecule has 0 aliphatic rings. The maximum Gasteiger partial charge on any atom is 0.377 e. The fourth-order valence-corrected chi connectivity index (χ4v) is 1.31. The number of nitrogens with zero attached hydrogens (tertiary/aromatic N) is 1. The number of aromatic nitrogens is 1. The summed E-state index contributed by atoms with van der Waals surface area (Å²) >= 11 is 15.3. The summed E-state index contributed by atoms with van der Waals surface area (Å²) in [6.45, 7) is 0. The van der Waals surface area contributed by atoms with Gasteiger partial charge < -0.3 is 10.2 Å². The van der Waals surface area contributed by atoms with Crippen LogP contribution in [0.3, 0.4) is 0 Å². The van der Waals surface area contributed by atoms with E-state index in [1.165, 1.54) is 0 Å². The summed E-state index contributed by atoms with van der Waals surface area (Å²) in [5, 5.41) is 18.1. The van der Waals surface area contributed by atoms with E-state index in [-0.39, 0.29) is 4.73 Å². The number of halogens is 3. The molecule has 0 amide bonds. The van der Waals surface area contributed by atoms with Gasteiger partial charge in [0.15, 0.2) is 0 Å². The Bertz CT molecular complexity index is 442. The highest BCUT2D eigenvalue weighted by atomic mass is 35.6. The summed E-state index contributed by atoms with van der Waals surface area (Å²) in [4.78, 5) is 0. The van der Waals surface area contributed by atoms with E-state index in [9.17, 15) is 8.42 Å². The van der Waals surface area contributed by atoms with E-state index in [0.717, 1.165) is 12.1 Å². The predicted molar refractivity (Wildman–Crippen MR) is 53.6 cm³/mol. The van der Waals surface area contributed by atoms with E-state index >= 15 is 0 Å². The number of rotatable bonds is 2. The first-order chi connectivity index (χ1) is 6.65. The van der Waals surface area contributed by atoms with Crippen LogP contribution in [0.1, 0.15) is 0 Å². The van der Waals surface area contributed by atoms with Crippen LogP contribution in [-0.4, -0.2) is 26.5 Å². The summed E-state index contributed by atoms with van der Waals surface area (Å²) in [6.07, 6.45) is 0. The average molecular weight is 297 g/mol. The van der Waals surface area contributed by atoms with E-state index in [0.29, 0.717) is 0 Å². The van der Waals surface area contributed by atoms with Crippen molar-refractivity contribution in [3.05, 3.63) is 12.1 Å². The van der Waals surface area contributed by atoms with Crippen LogP contribution >= 0.6 is 34.8 Å². The summed E-state index contributed by atoms with van der Waals surface area (Å²) in [6, 6.07) is 1.98. The van der Waals surface area contributed by atoms with Crippen molar-refractivity contribution in [1.82, 2.24) is 4.73 Å². The van der Waals surface area contributed by atoms with Gasteiger partial charge in [-0.25, -0.2) is 0 Å². The van der Waals surface area contributed by atoms with Gasteiger partial charge in [0.1, 0.15) is 0 Å². The van der Waals surface area contributed by atoms with Crippen molar-refractivity contribution in [1.29, 1.82) is 0 Å². The fraction of sp³-hybridized carbons (Fsp3) is 0.200. The van der Waals surface area contributed by atoms with Crippen molar-refractivity contribution in [3.8, 4) is 11.8 Å². The standard InChI is InChI=1S/C5H4Cl3NO5S/c6-5(7,8)15(12,13)14-9-3(10)1-2-4(9)11/h1-2,10-11H. The van der Waals surface area contributed by atoms with Crippen molar-refractivity contribution in [3.63, 3.8) is 0 Å². The molecule has 86 valence electrons. The van der Waals surface area contributed by atoms with Gasteiger partial charge in [-0.1, -0.05) is 39.5 Å². The minimum atomic E-state index is -4.63. The average Bonchev–Trinajstić information content (AvgIpc) is 2.33. The highest BCUT2D eigenvalue weighted by molar-refractivity contribution is 7.93. The molecule has 0 aliphatic carbocycles. The molecule has 1 rings (SSSR count). The van der Waals surface area contributed by atoms with E-state index in [1.807, 2.05) is 0 Å². The van der Waals surface area contributed by atoms with Gasteiger partial charge in [-0.05, 0) is 0 Å². The Morgan fingerprint density at radius 1 is 1.20 bits per heavy atom. The maximum absolute atomic E-state index is 11.2. The van der Waals surface area contributed by atoms with Gasteiger partial charge in [-0.2, -0.15) is 8.42 Å². The molecule has 0 atom stereocenters. The topological polar surface area (TPSA) is 88.8 Å². The lowest BCUT2D eigenvalue weighted by atomic mass is 10.6. The van der Waals surface area contributed by atoms with Gasteiger partial charge >= 0.3 is 13.2 Å². The zero-order valence-electron chi connectivity index (χ0n) is 6.76. The number of aromatic hydroxyl groups is 2. The quantitative estimate of drug-likeness (QED) is 0.794. The molecular formula is C5H4Cl3NO5S. The van der Waals surface area contributed by atoms with Crippen molar-refractivity contribution in [2.24, 2.45) is 0 Å². The normalized spacial score (nSPS) is 12.7. The molecule has 0 fully saturated rings. The predicted octanol–water partition coefficient (Wildman–Crippen LogP) is 0.985. The van der Waals surface area contributed by atoms with Crippen LogP contribution in [-0.2, 0) is 10.1 Å². The molecule has 0 aliphatic heterocycles. The maximum atomic E-state index is 11.2. The lowest BCUT2D eigenvalue weighted by Crippen LogP contribution is -2.30. The lowest BCUT2D eigenvalue weighted by Gasteiger charge is -2.13. The summed E-state index contributed by atoms with van der Waals surface area (Å²) in [7, 11) is -4.63. The largest absolute Gasteiger partial charge is 0.492 e. The van der Waals surface area contributed by atoms with Gasteiger partial charge in [0, 0.05) is 12.1 Å². The number of hydrogen-bond donors (Lipinski definition) is 2. The molecule has 1 heterocycles. The Morgan fingerprint density at radius 2 is 1.60 bits per heavy atom. The van der Waals surface area contributed by atoms with Gasteiger partial charge in [-0.3, -0.25) is 4.28 Å². The van der Waals surface area contributed by atoms with E-state index in [2.05, 4.69) is 4.28 Å². The van der Waals surface area contributed by atoms with Gasteiger partial charge in [0.25, 0.3) is 0 Å². The minimum Gasteiger partial charge on any atom is -0.492 e. The second kappa shape index (κ2) is 3.82. The Labute approximate surface area is 99.6 Å². The van der Waals surface area contributed by atoms with E-state index in [4.69, 9.17) is 45.0 Å². The van der Waals surface area contributed by atoms with Crippen molar-refractivity contribution in [2.75, 3.05) is 0 Å². The molecule has 15 heavy (non-hydrogen) atoms. The third-order valence-electron chi connectivity index (χ3n) is 1.25. The third-order valence-corrected chi connectivity index (χ3v) is 3.87. The van der Waals surface area contributed by atoms with E-state index < -0.39 is 25.0 Å². The zero-order valence-corrected chi connectivity index (χ0v) is 9.85. The first-order valence-electron chi connectivity index (χ1n) is 3.26. The summed E-state index contributed by atoms with van der Waals surface area (Å²) in [5.41, 5.74) is 0. The SMILES string of the molecule is O=S(=O)(On1c(O)ccc1O)C(Cl)(Cl)Cl. The minimum absolute atomic E-state index is 0.192. The summed E-state index contributed by atoms with van der Waals surface area (Å²) in [5.74, 6) is -1.32. The highest BCUT2D eigenvalue weighted by Crippen LogP contribution is 2.33. The molecule has 0 radical (unpaired) electrons. The molecule has 1 aromatic rings. The van der Waals surface area contributed by atoms with Crippen LogP contribution in [0.15, 0.2) is 12.1 Å². The second-order valence-electron chi connectivity index (χ2n) is 2.32. The molecule has 0 unspecified atom stereocenters. The van der Waals surface area contributed by atoms with Crippen LogP contribution in [0.25, 0.3) is 0 Å². The molecule has 1 aromatic heterocycles. The molecule has 0 saturated carbocycles. The first kappa shape index (κ1) is 12.6. The molecule has 0 bridgehead atoms. The lowest BCUT2D eigenvalue weighted by molar-refractivity contribution is 0.203. The van der Waals surface area contributed by atoms with Crippen molar-refractivity contribution < 1.29 is 22.9 Å². The Morgan fingerprint density at radius 3 is 1.93 bits per heavy atom. The molecule has 0 saturated heterocycles. The summed E-state index contributed by atoms with van der Waals surface area (Å²) < 4.78 is 24.0. The number of alkyl halides is 3. The van der Waals surface area contributed by atoms with Gasteiger partial charge in [0.05, 0.1) is 0 Å². The van der Waals surface area contributed by atoms with E-state index in [1.54, 1.807) is 0 Å². The van der Waals surface area contributed by atoms with Crippen LogP contribution < -0.4 is 4.28 Å². The van der Waals surface area contributed by atoms with Crippen LogP contribution in [0.2, 0.25) is 0 Å². The fourth-order valence-electron chi connectivity index (χ4n) is 0.619. The Balaban J connectivity index is 3.08. The van der Waals surface area contributed by atoms with Crippen LogP contribution in [0.5, 0.6) is 11.8 Å².